The van der Waals surface area contributed by atoms with Gasteiger partial charge in [-0.25, -0.2) is 4.79 Å². The number of nitro benzene ring substituents is 1. The average molecular weight is 363 g/mol. The molecule has 1 saturated heterocycles. The van der Waals surface area contributed by atoms with Gasteiger partial charge in [0.2, 0.25) is 0 Å². The molecular formula is C19H29N3O4. The Morgan fingerprint density at radius 2 is 2.15 bits per heavy atom. The standard InChI is InChI=1S/C19H29N3O4/c1-14-7-8-16(22(24)25)17(12-14)21-11-5-6-15(13-21)9-10-20-18(23)26-19(2,3)4/h7-8,12,15H,5-6,9-11,13H2,1-4H3,(H,20,23). The van der Waals surface area contributed by atoms with Crippen LogP contribution in [-0.4, -0.2) is 36.3 Å². The maximum Gasteiger partial charge on any atom is 0.407 e. The monoisotopic (exact) mass is 363 g/mol. The molecule has 7 nitrogen and oxygen atoms in total. The Hall–Kier alpha value is -2.31. The second-order valence-corrected chi connectivity index (χ2v) is 7.92. The number of hydrogen-bond acceptors (Lipinski definition) is 5. The first-order valence-electron chi connectivity index (χ1n) is 9.12. The summed E-state index contributed by atoms with van der Waals surface area (Å²) in [7, 11) is 0. The lowest BCUT2D eigenvalue weighted by atomic mass is 9.94. The van der Waals surface area contributed by atoms with Crippen molar-refractivity contribution < 1.29 is 14.5 Å². The molecule has 1 aliphatic rings. The van der Waals surface area contributed by atoms with E-state index in [-0.39, 0.29) is 10.6 Å². The maximum atomic E-state index is 11.7. The van der Waals surface area contributed by atoms with Crippen molar-refractivity contribution in [3.8, 4) is 0 Å². The summed E-state index contributed by atoms with van der Waals surface area (Å²) in [4.78, 5) is 24.8. The van der Waals surface area contributed by atoms with Gasteiger partial charge in [-0.15, -0.1) is 0 Å². The topological polar surface area (TPSA) is 84.7 Å². The van der Waals surface area contributed by atoms with E-state index in [1.807, 2.05) is 33.8 Å². The molecule has 0 radical (unpaired) electrons. The Balaban J connectivity index is 1.93. The van der Waals surface area contributed by atoms with Crippen molar-refractivity contribution in [2.45, 2.75) is 52.6 Å². The molecule has 0 spiro atoms. The summed E-state index contributed by atoms with van der Waals surface area (Å²) in [5.41, 5.74) is 1.36. The van der Waals surface area contributed by atoms with Crippen LogP contribution < -0.4 is 10.2 Å². The number of amides is 1. The van der Waals surface area contributed by atoms with Crippen LogP contribution in [0.4, 0.5) is 16.2 Å². The van der Waals surface area contributed by atoms with Crippen LogP contribution in [-0.2, 0) is 4.74 Å². The molecule has 26 heavy (non-hydrogen) atoms. The highest BCUT2D eigenvalue weighted by Gasteiger charge is 2.25. The van der Waals surface area contributed by atoms with Gasteiger partial charge >= 0.3 is 6.09 Å². The Morgan fingerprint density at radius 1 is 1.42 bits per heavy atom. The summed E-state index contributed by atoms with van der Waals surface area (Å²) >= 11 is 0. The molecule has 1 heterocycles. The molecule has 0 aromatic heterocycles. The van der Waals surface area contributed by atoms with Crippen molar-refractivity contribution in [1.29, 1.82) is 0 Å². The van der Waals surface area contributed by atoms with E-state index in [4.69, 9.17) is 4.74 Å². The lowest BCUT2D eigenvalue weighted by Crippen LogP contribution is -2.38. The number of rotatable bonds is 5. The van der Waals surface area contributed by atoms with Gasteiger partial charge in [0.05, 0.1) is 4.92 Å². The molecule has 1 atom stereocenters. The molecule has 7 heteroatoms. The normalized spacial score (nSPS) is 17.7. The Bertz CT molecular complexity index is 655. The molecule has 0 saturated carbocycles. The number of ether oxygens (including phenoxy) is 1. The third-order valence-electron chi connectivity index (χ3n) is 4.41. The molecule has 0 bridgehead atoms. The summed E-state index contributed by atoms with van der Waals surface area (Å²) in [6.45, 7) is 9.57. The van der Waals surface area contributed by atoms with Crippen molar-refractivity contribution in [3.63, 3.8) is 0 Å². The van der Waals surface area contributed by atoms with E-state index in [2.05, 4.69) is 10.2 Å². The van der Waals surface area contributed by atoms with Crippen molar-refractivity contribution in [2.24, 2.45) is 5.92 Å². The van der Waals surface area contributed by atoms with Crippen LogP contribution in [0.25, 0.3) is 0 Å². The van der Waals surface area contributed by atoms with Gasteiger partial charge in [0.1, 0.15) is 11.3 Å². The number of piperidine rings is 1. The van der Waals surface area contributed by atoms with E-state index in [0.29, 0.717) is 18.2 Å². The number of hydrogen-bond donors (Lipinski definition) is 1. The van der Waals surface area contributed by atoms with Crippen LogP contribution in [0.1, 0.15) is 45.6 Å². The largest absolute Gasteiger partial charge is 0.444 e. The summed E-state index contributed by atoms with van der Waals surface area (Å²) in [5.74, 6) is 0.388. The van der Waals surface area contributed by atoms with Crippen molar-refractivity contribution in [1.82, 2.24) is 5.32 Å². The van der Waals surface area contributed by atoms with Gasteiger partial charge in [-0.05, 0) is 64.5 Å². The van der Waals surface area contributed by atoms with E-state index in [0.717, 1.165) is 37.9 Å². The van der Waals surface area contributed by atoms with Crippen LogP contribution in [0.3, 0.4) is 0 Å². The van der Waals surface area contributed by atoms with E-state index in [9.17, 15) is 14.9 Å². The molecule has 1 N–H and O–H groups in total. The number of nitro groups is 1. The fraction of sp³-hybridized carbons (Fsp3) is 0.632. The zero-order chi connectivity index (χ0) is 19.3. The molecular weight excluding hydrogens is 334 g/mol. The first-order chi connectivity index (χ1) is 12.2. The van der Waals surface area contributed by atoms with Gasteiger partial charge in [-0.1, -0.05) is 6.07 Å². The van der Waals surface area contributed by atoms with Crippen molar-refractivity contribution in [3.05, 3.63) is 33.9 Å². The SMILES string of the molecule is Cc1ccc([N+](=O)[O-])c(N2CCCC(CCNC(=O)OC(C)(C)C)C2)c1. The van der Waals surface area contributed by atoms with Crippen LogP contribution in [0.2, 0.25) is 0 Å². The highest BCUT2D eigenvalue weighted by Crippen LogP contribution is 2.33. The van der Waals surface area contributed by atoms with Gasteiger partial charge < -0.3 is 15.0 Å². The number of carbonyl (C=O) groups is 1. The summed E-state index contributed by atoms with van der Waals surface area (Å²) in [6.07, 6.45) is 2.48. The van der Waals surface area contributed by atoms with Gasteiger partial charge in [-0.2, -0.15) is 0 Å². The van der Waals surface area contributed by atoms with E-state index >= 15 is 0 Å². The lowest BCUT2D eigenvalue weighted by Gasteiger charge is -2.34. The minimum Gasteiger partial charge on any atom is -0.444 e. The second-order valence-electron chi connectivity index (χ2n) is 7.92. The molecule has 1 amide bonds. The molecule has 0 aliphatic carbocycles. The smallest absolute Gasteiger partial charge is 0.407 e. The Morgan fingerprint density at radius 3 is 2.81 bits per heavy atom. The van der Waals surface area contributed by atoms with Crippen molar-refractivity contribution >= 4 is 17.5 Å². The highest BCUT2D eigenvalue weighted by molar-refractivity contribution is 5.67. The molecule has 1 aromatic carbocycles. The number of benzene rings is 1. The minimum absolute atomic E-state index is 0.156. The third kappa shape index (κ3) is 5.89. The predicted molar refractivity (Wildman–Crippen MR) is 102 cm³/mol. The maximum absolute atomic E-state index is 11.7. The van der Waals surface area contributed by atoms with Gasteiger partial charge in [0.15, 0.2) is 0 Å². The molecule has 1 fully saturated rings. The minimum atomic E-state index is -0.504. The fourth-order valence-electron chi connectivity index (χ4n) is 3.25. The quantitative estimate of drug-likeness (QED) is 0.630. The van der Waals surface area contributed by atoms with E-state index < -0.39 is 11.7 Å². The summed E-state index contributed by atoms with van der Waals surface area (Å²) in [5, 5.41) is 14.1. The first kappa shape index (κ1) is 20.0. The van der Waals surface area contributed by atoms with Gasteiger partial charge in [-0.3, -0.25) is 10.1 Å². The number of aryl methyl sites for hydroxylation is 1. The average Bonchev–Trinajstić information content (AvgIpc) is 2.53. The van der Waals surface area contributed by atoms with Crippen LogP contribution in [0.5, 0.6) is 0 Å². The second kappa shape index (κ2) is 8.38. The van der Waals surface area contributed by atoms with Crippen molar-refractivity contribution in [2.75, 3.05) is 24.5 Å². The first-order valence-corrected chi connectivity index (χ1v) is 9.12. The molecule has 144 valence electrons. The predicted octanol–water partition coefficient (Wildman–Crippen LogP) is 4.03. The number of carbonyl (C=O) groups excluding carboxylic acids is 1. The third-order valence-corrected chi connectivity index (χ3v) is 4.41. The van der Waals surface area contributed by atoms with E-state index in [1.54, 1.807) is 12.1 Å². The zero-order valence-electron chi connectivity index (χ0n) is 16.1. The zero-order valence-corrected chi connectivity index (χ0v) is 16.1. The summed E-state index contributed by atoms with van der Waals surface area (Å²) < 4.78 is 5.24. The van der Waals surface area contributed by atoms with Gasteiger partial charge in [0.25, 0.3) is 5.69 Å². The highest BCUT2D eigenvalue weighted by atomic mass is 16.6. The van der Waals surface area contributed by atoms with Crippen LogP contribution in [0, 0.1) is 23.0 Å². The van der Waals surface area contributed by atoms with Crippen LogP contribution in [0.15, 0.2) is 18.2 Å². The number of nitrogens with zero attached hydrogens (tertiary/aromatic N) is 2. The Labute approximate surface area is 154 Å². The number of anilines is 1. The van der Waals surface area contributed by atoms with E-state index in [1.165, 1.54) is 0 Å². The molecule has 1 aromatic rings. The fourth-order valence-corrected chi connectivity index (χ4v) is 3.25. The number of alkyl carbamates (subject to hydrolysis) is 1. The molecule has 2 rings (SSSR count). The summed E-state index contributed by atoms with van der Waals surface area (Å²) in [6, 6.07) is 5.24. The Kier molecular flexibility index (Phi) is 6.45. The number of nitrogens with one attached hydrogen (secondary N) is 1. The lowest BCUT2D eigenvalue weighted by molar-refractivity contribution is -0.384. The van der Waals surface area contributed by atoms with Gasteiger partial charge in [0, 0.05) is 25.7 Å². The van der Waals surface area contributed by atoms with Crippen LogP contribution >= 0.6 is 0 Å². The molecule has 1 unspecified atom stereocenters. The molecule has 1 aliphatic heterocycles.